The first-order valence-corrected chi connectivity index (χ1v) is 13.4. The van der Waals surface area contributed by atoms with Crippen molar-refractivity contribution in [1.82, 2.24) is 45.0 Å². The maximum atomic E-state index is 12.7. The summed E-state index contributed by atoms with van der Waals surface area (Å²) in [5.74, 6) is 1.08. The van der Waals surface area contributed by atoms with Gasteiger partial charge in [0.1, 0.15) is 11.2 Å². The van der Waals surface area contributed by atoms with Crippen LogP contribution < -0.4 is 10.6 Å². The molecule has 1 aliphatic rings. The number of carbonyl (C=O) groups excluding carboxylic acids is 1. The number of piperidine rings is 1. The Morgan fingerprint density at radius 1 is 1.10 bits per heavy atom. The van der Waals surface area contributed by atoms with Crippen LogP contribution in [-0.2, 0) is 4.79 Å². The van der Waals surface area contributed by atoms with Crippen molar-refractivity contribution < 1.29 is 4.79 Å². The van der Waals surface area contributed by atoms with E-state index in [1.165, 1.54) is 0 Å². The van der Waals surface area contributed by atoms with Crippen molar-refractivity contribution in [3.8, 4) is 28.5 Å². The molecule has 5 aromatic heterocycles. The van der Waals surface area contributed by atoms with Crippen molar-refractivity contribution in [2.45, 2.75) is 26.2 Å². The van der Waals surface area contributed by atoms with Crippen LogP contribution in [0.4, 0.5) is 5.69 Å². The van der Waals surface area contributed by atoms with Crippen molar-refractivity contribution in [2.75, 3.05) is 18.4 Å². The zero-order valence-electron chi connectivity index (χ0n) is 22.0. The molecule has 0 unspecified atom stereocenters. The Labute approximate surface area is 229 Å². The van der Waals surface area contributed by atoms with E-state index in [0.717, 1.165) is 70.5 Å². The van der Waals surface area contributed by atoms with E-state index >= 15 is 0 Å². The van der Waals surface area contributed by atoms with E-state index in [1.807, 2.05) is 48.0 Å². The van der Waals surface area contributed by atoms with E-state index < -0.39 is 0 Å². The second-order valence-corrected chi connectivity index (χ2v) is 10.3. The number of carbonyl (C=O) groups is 1. The van der Waals surface area contributed by atoms with Crippen molar-refractivity contribution in [2.24, 2.45) is 5.92 Å². The summed E-state index contributed by atoms with van der Waals surface area (Å²) >= 11 is 0. The number of nitrogens with one attached hydrogen (secondary N) is 4. The number of hydrogen-bond acceptors (Lipinski definition) is 7. The quantitative estimate of drug-likeness (QED) is 0.249. The predicted molar refractivity (Wildman–Crippen MR) is 153 cm³/mol. The van der Waals surface area contributed by atoms with Gasteiger partial charge in [0.2, 0.25) is 5.91 Å². The molecule has 200 valence electrons. The minimum atomic E-state index is 0.0153. The first-order chi connectivity index (χ1) is 19.6. The predicted octanol–water partition coefficient (Wildman–Crippen LogP) is 4.39. The van der Waals surface area contributed by atoms with Gasteiger partial charge in [-0.3, -0.25) is 19.9 Å². The van der Waals surface area contributed by atoms with Crippen LogP contribution in [0.2, 0.25) is 0 Å². The average Bonchev–Trinajstić information content (AvgIpc) is 3.71. The van der Waals surface area contributed by atoms with Gasteiger partial charge in [0, 0.05) is 29.8 Å². The fourth-order valence-electron chi connectivity index (χ4n) is 5.35. The molecular formula is C29H28N10O. The molecule has 1 amide bonds. The third-order valence-electron chi connectivity index (χ3n) is 7.40. The third-order valence-corrected chi connectivity index (χ3v) is 7.40. The lowest BCUT2D eigenvalue weighted by Crippen LogP contribution is -2.30. The number of H-pyrrole nitrogens is 2. The second-order valence-electron chi connectivity index (χ2n) is 10.3. The van der Waals surface area contributed by atoms with Crippen molar-refractivity contribution in [3.05, 3.63) is 67.1 Å². The summed E-state index contributed by atoms with van der Waals surface area (Å²) in [5, 5.41) is 14.9. The number of rotatable bonds is 6. The SMILES string of the molecule is Cc1cn(-c2cccc3[nH]c(-c4n[nH]c5cnc(-c6cncc(NC(=O)CC7CCNCC7)c6)cc45)nc23)cn1. The van der Waals surface area contributed by atoms with Crippen LogP contribution in [0.1, 0.15) is 25.0 Å². The summed E-state index contributed by atoms with van der Waals surface area (Å²) < 4.78 is 1.97. The molecule has 6 aromatic rings. The number of aromatic nitrogens is 8. The van der Waals surface area contributed by atoms with Crippen LogP contribution in [0.15, 0.2) is 61.4 Å². The fraction of sp³-hybridized carbons (Fsp3) is 0.241. The molecule has 0 saturated carbocycles. The van der Waals surface area contributed by atoms with Gasteiger partial charge in [0.15, 0.2) is 5.82 Å². The van der Waals surface area contributed by atoms with Gasteiger partial charge in [-0.25, -0.2) is 9.97 Å². The number of imidazole rings is 2. The molecule has 4 N–H and O–H groups in total. The van der Waals surface area contributed by atoms with Crippen LogP contribution >= 0.6 is 0 Å². The molecule has 0 spiro atoms. The van der Waals surface area contributed by atoms with Crippen molar-refractivity contribution in [3.63, 3.8) is 0 Å². The standard InChI is InChI=1S/C29H28N10O/c1-17-15-39(16-33-17)25-4-2-3-22-28(25)36-29(35-22)27-21-11-23(32-14-24(21)37-38-27)19-10-20(13-31-12-19)34-26(40)9-18-5-7-30-8-6-18/h2-4,10-16,18,30H,5-9H2,1H3,(H,34,40)(H,35,36)(H,37,38). The Kier molecular flexibility index (Phi) is 6.05. The molecule has 7 rings (SSSR count). The molecule has 1 aromatic carbocycles. The monoisotopic (exact) mass is 532 g/mol. The lowest BCUT2D eigenvalue weighted by Gasteiger charge is -2.21. The summed E-state index contributed by atoms with van der Waals surface area (Å²) in [6.07, 6.45) is 11.5. The molecule has 1 fully saturated rings. The molecule has 0 radical (unpaired) electrons. The van der Waals surface area contributed by atoms with Gasteiger partial charge in [-0.2, -0.15) is 5.10 Å². The summed E-state index contributed by atoms with van der Waals surface area (Å²) in [7, 11) is 0. The van der Waals surface area contributed by atoms with Crippen LogP contribution in [-0.4, -0.2) is 58.7 Å². The summed E-state index contributed by atoms with van der Waals surface area (Å²) in [6.45, 7) is 3.90. The van der Waals surface area contributed by atoms with Gasteiger partial charge < -0.3 is 20.2 Å². The molecule has 6 heterocycles. The van der Waals surface area contributed by atoms with E-state index in [4.69, 9.17) is 4.98 Å². The van der Waals surface area contributed by atoms with Crippen LogP contribution in [0.25, 0.3) is 50.4 Å². The van der Waals surface area contributed by atoms with E-state index in [9.17, 15) is 4.79 Å². The molecule has 0 aliphatic carbocycles. The number of hydrogen-bond donors (Lipinski definition) is 4. The number of anilines is 1. The Morgan fingerprint density at radius 2 is 2.00 bits per heavy atom. The number of para-hydroxylation sites is 1. The molecule has 1 aliphatic heterocycles. The number of aromatic amines is 2. The van der Waals surface area contributed by atoms with Gasteiger partial charge in [0.25, 0.3) is 0 Å². The number of pyridine rings is 2. The minimum Gasteiger partial charge on any atom is -0.336 e. The molecule has 0 atom stereocenters. The smallest absolute Gasteiger partial charge is 0.224 e. The van der Waals surface area contributed by atoms with Gasteiger partial charge >= 0.3 is 0 Å². The fourth-order valence-corrected chi connectivity index (χ4v) is 5.35. The van der Waals surface area contributed by atoms with Crippen LogP contribution in [0, 0.1) is 12.8 Å². The summed E-state index contributed by atoms with van der Waals surface area (Å²) in [5.41, 5.74) is 7.29. The topological polar surface area (TPSA) is 142 Å². The zero-order chi connectivity index (χ0) is 27.1. The molecule has 0 bridgehead atoms. The van der Waals surface area contributed by atoms with Crippen molar-refractivity contribution in [1.29, 1.82) is 0 Å². The molecule has 40 heavy (non-hydrogen) atoms. The highest BCUT2D eigenvalue weighted by Gasteiger charge is 2.18. The van der Waals surface area contributed by atoms with Crippen molar-refractivity contribution >= 4 is 33.5 Å². The normalized spacial score (nSPS) is 14.2. The first-order valence-electron chi connectivity index (χ1n) is 13.4. The summed E-state index contributed by atoms with van der Waals surface area (Å²) in [4.78, 5) is 34.3. The zero-order valence-corrected chi connectivity index (χ0v) is 22.0. The van der Waals surface area contributed by atoms with Gasteiger partial charge in [0.05, 0.1) is 52.5 Å². The van der Waals surface area contributed by atoms with E-state index in [-0.39, 0.29) is 5.91 Å². The highest BCUT2D eigenvalue weighted by Crippen LogP contribution is 2.31. The Balaban J connectivity index is 1.19. The van der Waals surface area contributed by atoms with E-state index in [0.29, 0.717) is 29.5 Å². The molecular weight excluding hydrogens is 504 g/mol. The Bertz CT molecular complexity index is 1840. The van der Waals surface area contributed by atoms with Gasteiger partial charge in [-0.1, -0.05) is 6.07 Å². The number of benzene rings is 1. The number of aryl methyl sites for hydroxylation is 1. The second kappa shape index (κ2) is 10.0. The van der Waals surface area contributed by atoms with Crippen LogP contribution in [0.5, 0.6) is 0 Å². The number of amides is 1. The van der Waals surface area contributed by atoms with Gasteiger partial charge in [-0.05, 0) is 63.0 Å². The largest absolute Gasteiger partial charge is 0.336 e. The third kappa shape index (κ3) is 4.60. The lowest BCUT2D eigenvalue weighted by atomic mass is 9.94. The Morgan fingerprint density at radius 3 is 2.85 bits per heavy atom. The number of fused-ring (bicyclic) bond motifs is 2. The molecule has 11 nitrogen and oxygen atoms in total. The van der Waals surface area contributed by atoms with Gasteiger partial charge in [-0.15, -0.1) is 0 Å². The first kappa shape index (κ1) is 24.2. The van der Waals surface area contributed by atoms with E-state index in [2.05, 4.69) is 40.8 Å². The lowest BCUT2D eigenvalue weighted by molar-refractivity contribution is -0.117. The highest BCUT2D eigenvalue weighted by molar-refractivity contribution is 5.96. The maximum absolute atomic E-state index is 12.7. The Hall–Kier alpha value is -4.90. The minimum absolute atomic E-state index is 0.0153. The number of nitrogens with zero attached hydrogens (tertiary/aromatic N) is 6. The average molecular weight is 533 g/mol. The summed E-state index contributed by atoms with van der Waals surface area (Å²) in [6, 6.07) is 9.88. The molecule has 1 saturated heterocycles. The maximum Gasteiger partial charge on any atom is 0.224 e. The highest BCUT2D eigenvalue weighted by atomic mass is 16.1. The molecule has 11 heteroatoms. The van der Waals surface area contributed by atoms with E-state index in [1.54, 1.807) is 24.9 Å². The van der Waals surface area contributed by atoms with Crippen LogP contribution in [0.3, 0.4) is 0 Å².